The number of nitrogens with two attached hydrogens (primary N) is 1. The summed E-state index contributed by atoms with van der Waals surface area (Å²) in [4.78, 5) is 38.8. The number of imidazole rings is 1. The zero-order valence-corrected chi connectivity index (χ0v) is 25.7. The van der Waals surface area contributed by atoms with Crippen LogP contribution in [0.5, 0.6) is 0 Å². The largest absolute Gasteiger partial charge is 0.382 e. The SMILES string of the molecule is CC(C)(C=N)C(=O)N[C@@H]1CCCC(c2nc(-c3ccc(C(=O)Nc4cc(C(F)(F)I)ccn4)cc3)c3c(N)nccn23)C1. The maximum absolute atomic E-state index is 13.7. The van der Waals surface area contributed by atoms with Crippen molar-refractivity contribution in [3.63, 3.8) is 0 Å². The molecule has 13 heteroatoms. The Bertz CT molecular complexity index is 1680. The van der Waals surface area contributed by atoms with Gasteiger partial charge in [0.2, 0.25) is 5.91 Å². The van der Waals surface area contributed by atoms with Crippen molar-refractivity contribution in [2.24, 2.45) is 5.41 Å². The van der Waals surface area contributed by atoms with Gasteiger partial charge >= 0.3 is 3.93 Å². The summed E-state index contributed by atoms with van der Waals surface area (Å²) in [6, 6.07) is 9.04. The van der Waals surface area contributed by atoms with Crippen LogP contribution in [0.3, 0.4) is 0 Å². The summed E-state index contributed by atoms with van der Waals surface area (Å²) in [5, 5.41) is 13.2. The van der Waals surface area contributed by atoms with Crippen molar-refractivity contribution in [3.8, 4) is 11.3 Å². The molecule has 0 radical (unpaired) electrons. The molecule has 0 spiro atoms. The van der Waals surface area contributed by atoms with Gasteiger partial charge < -0.3 is 21.8 Å². The van der Waals surface area contributed by atoms with Crippen LogP contribution in [-0.4, -0.2) is 43.4 Å². The maximum atomic E-state index is 13.7. The van der Waals surface area contributed by atoms with E-state index in [1.165, 1.54) is 12.3 Å². The van der Waals surface area contributed by atoms with E-state index in [1.807, 2.05) is 10.6 Å². The summed E-state index contributed by atoms with van der Waals surface area (Å²) in [5.74, 6) is 0.522. The average molecular weight is 701 g/mol. The summed E-state index contributed by atoms with van der Waals surface area (Å²) in [5.41, 5.74) is 7.47. The lowest BCUT2D eigenvalue weighted by molar-refractivity contribution is -0.127. The lowest BCUT2D eigenvalue weighted by Crippen LogP contribution is -2.45. The molecule has 1 fully saturated rings. The molecule has 224 valence electrons. The molecule has 1 aliphatic rings. The first-order valence-corrected chi connectivity index (χ1v) is 14.9. The molecule has 2 amide bonds. The van der Waals surface area contributed by atoms with E-state index in [4.69, 9.17) is 16.1 Å². The van der Waals surface area contributed by atoms with Gasteiger partial charge in [-0.05, 0) is 57.4 Å². The summed E-state index contributed by atoms with van der Waals surface area (Å²) in [7, 11) is 0. The molecule has 5 N–H and O–H groups in total. The number of alkyl halides is 3. The number of nitrogens with one attached hydrogen (secondary N) is 3. The minimum absolute atomic E-state index is 0.0230. The van der Waals surface area contributed by atoms with Gasteiger partial charge in [-0.3, -0.25) is 14.0 Å². The molecule has 0 saturated heterocycles. The Labute approximate surface area is 260 Å². The molecule has 4 aromatic rings. The summed E-state index contributed by atoms with van der Waals surface area (Å²) in [6.07, 6.45) is 9.15. The second-order valence-electron chi connectivity index (χ2n) is 11.2. The second kappa shape index (κ2) is 11.9. The van der Waals surface area contributed by atoms with Crippen LogP contribution in [-0.2, 0) is 8.72 Å². The average Bonchev–Trinajstić information content (AvgIpc) is 3.38. The first kappa shape index (κ1) is 30.4. The number of nitrogens with zero attached hydrogens (tertiary/aromatic N) is 4. The van der Waals surface area contributed by atoms with Crippen molar-refractivity contribution in [3.05, 3.63) is 71.9 Å². The van der Waals surface area contributed by atoms with Gasteiger partial charge in [0.1, 0.15) is 28.7 Å². The van der Waals surface area contributed by atoms with E-state index in [0.29, 0.717) is 29.0 Å². The molecule has 1 saturated carbocycles. The molecule has 10 nitrogen and oxygen atoms in total. The standard InChI is InChI=1S/C30H31F2IN8O2/c1-29(2,16-34)28(43)38-21-5-3-4-19(14-21)26-40-23(24-25(35)37-12-13-41(24)26)17-6-8-18(9-7-17)27(42)39-22-15-20(10-11-36-22)30(31,32)33/h6-13,15-16,19,21,34H,3-5,14H2,1-2H3,(H2,35,37)(H,38,43)(H,36,39,42)/t19?,21-/m1/s1. The van der Waals surface area contributed by atoms with Gasteiger partial charge in [0.05, 0.1) is 5.41 Å². The monoisotopic (exact) mass is 700 g/mol. The predicted octanol–water partition coefficient (Wildman–Crippen LogP) is 5.93. The number of amides is 2. The second-order valence-corrected chi connectivity index (χ2v) is 12.6. The Morgan fingerprint density at radius 1 is 1.14 bits per heavy atom. The van der Waals surface area contributed by atoms with Gasteiger partial charge in [-0.25, -0.2) is 15.0 Å². The molecule has 5 rings (SSSR count). The third-order valence-corrected chi connectivity index (χ3v) is 8.30. The smallest absolute Gasteiger partial charge is 0.321 e. The molecule has 0 bridgehead atoms. The van der Waals surface area contributed by atoms with Crippen LogP contribution < -0.4 is 16.4 Å². The molecule has 1 unspecified atom stereocenters. The highest BCUT2D eigenvalue weighted by Gasteiger charge is 2.32. The number of rotatable bonds is 8. The van der Waals surface area contributed by atoms with Gasteiger partial charge in [-0.2, -0.15) is 8.78 Å². The maximum Gasteiger partial charge on any atom is 0.321 e. The van der Waals surface area contributed by atoms with Crippen molar-refractivity contribution in [1.29, 1.82) is 5.41 Å². The molecule has 43 heavy (non-hydrogen) atoms. The van der Waals surface area contributed by atoms with Gasteiger partial charge in [0.15, 0.2) is 0 Å². The molecule has 2 atom stereocenters. The van der Waals surface area contributed by atoms with Crippen LogP contribution in [0.2, 0.25) is 0 Å². The van der Waals surface area contributed by atoms with Crippen LogP contribution in [0.1, 0.15) is 67.2 Å². The van der Waals surface area contributed by atoms with Crippen LogP contribution in [0, 0.1) is 10.8 Å². The van der Waals surface area contributed by atoms with Gasteiger partial charge in [-0.15, -0.1) is 0 Å². The number of halogens is 3. The molecular weight excluding hydrogens is 669 g/mol. The number of benzene rings is 1. The zero-order valence-electron chi connectivity index (χ0n) is 23.6. The molecule has 3 heterocycles. The lowest BCUT2D eigenvalue weighted by atomic mass is 9.84. The van der Waals surface area contributed by atoms with Crippen LogP contribution in [0.25, 0.3) is 16.8 Å². The Morgan fingerprint density at radius 3 is 2.58 bits per heavy atom. The number of nitrogen functional groups attached to an aromatic ring is 1. The van der Waals surface area contributed by atoms with Crippen molar-refractivity contribution in [2.45, 2.75) is 55.4 Å². The summed E-state index contributed by atoms with van der Waals surface area (Å²) < 4.78 is 26.2. The van der Waals surface area contributed by atoms with Crippen molar-refractivity contribution in [1.82, 2.24) is 24.7 Å². The topological polar surface area (TPSA) is 151 Å². The normalized spacial score (nSPS) is 17.4. The van der Waals surface area contributed by atoms with E-state index < -0.39 is 15.3 Å². The number of aromatic nitrogens is 4. The molecule has 1 aromatic carbocycles. The quantitative estimate of drug-likeness (QED) is 0.102. The number of pyridine rings is 1. The van der Waals surface area contributed by atoms with Crippen LogP contribution in [0.15, 0.2) is 55.0 Å². The molecular formula is C30H31F2IN8O2. The number of hydrogen-bond donors (Lipinski definition) is 4. The van der Waals surface area contributed by atoms with Gasteiger partial charge in [0.25, 0.3) is 5.91 Å². The van der Waals surface area contributed by atoms with Crippen molar-refractivity contribution < 1.29 is 18.4 Å². The fourth-order valence-corrected chi connectivity index (χ4v) is 5.55. The van der Waals surface area contributed by atoms with E-state index in [-0.39, 0.29) is 29.2 Å². The minimum Gasteiger partial charge on any atom is -0.382 e. The Kier molecular flexibility index (Phi) is 8.45. The Morgan fingerprint density at radius 2 is 1.88 bits per heavy atom. The number of hydrogen-bond acceptors (Lipinski definition) is 7. The highest BCUT2D eigenvalue weighted by Crippen LogP contribution is 2.38. The van der Waals surface area contributed by atoms with Gasteiger partial charge in [0, 0.05) is 76.0 Å². The molecule has 3 aromatic heterocycles. The van der Waals surface area contributed by atoms with Crippen LogP contribution in [0.4, 0.5) is 20.4 Å². The van der Waals surface area contributed by atoms with Crippen molar-refractivity contribution in [2.75, 3.05) is 11.1 Å². The van der Waals surface area contributed by atoms with Crippen molar-refractivity contribution >= 4 is 57.8 Å². The molecule has 0 aliphatic heterocycles. The first-order chi connectivity index (χ1) is 20.4. The number of carbonyl (C=O) groups is 2. The zero-order chi connectivity index (χ0) is 30.9. The van der Waals surface area contributed by atoms with E-state index in [1.54, 1.807) is 44.3 Å². The number of fused-ring (bicyclic) bond motifs is 1. The van der Waals surface area contributed by atoms with E-state index in [0.717, 1.165) is 65.5 Å². The minimum atomic E-state index is -3.09. The summed E-state index contributed by atoms with van der Waals surface area (Å²) in [6.45, 7) is 3.44. The van der Waals surface area contributed by atoms with E-state index in [2.05, 4.69) is 20.6 Å². The highest BCUT2D eigenvalue weighted by molar-refractivity contribution is 14.1. The Balaban J connectivity index is 1.39. The third-order valence-electron chi connectivity index (χ3n) is 7.68. The van der Waals surface area contributed by atoms with Gasteiger partial charge in [-0.1, -0.05) is 18.6 Å². The van der Waals surface area contributed by atoms with Crippen LogP contribution >= 0.6 is 22.6 Å². The van der Waals surface area contributed by atoms with E-state index >= 15 is 0 Å². The highest BCUT2D eigenvalue weighted by atomic mass is 127. The first-order valence-electron chi connectivity index (χ1n) is 13.8. The summed E-state index contributed by atoms with van der Waals surface area (Å²) >= 11 is 1.03. The van der Waals surface area contributed by atoms with E-state index in [9.17, 15) is 18.4 Å². The third kappa shape index (κ3) is 6.50. The predicted molar refractivity (Wildman–Crippen MR) is 169 cm³/mol. The Hall–Kier alpha value is -4.01. The lowest BCUT2D eigenvalue weighted by Gasteiger charge is -2.31. The number of carbonyl (C=O) groups excluding carboxylic acids is 2. The number of anilines is 2. The fourth-order valence-electron chi connectivity index (χ4n) is 5.21. The molecule has 1 aliphatic carbocycles. The fraction of sp³-hybridized carbons (Fsp3) is 0.333.